The summed E-state index contributed by atoms with van der Waals surface area (Å²) in [5, 5.41) is 0. The van der Waals surface area contributed by atoms with Gasteiger partial charge in [-0.2, -0.15) is 8.62 Å². The normalized spacial score (nSPS) is 9.95. The zero-order chi connectivity index (χ0) is 10.9. The van der Waals surface area contributed by atoms with Gasteiger partial charge in [0.25, 0.3) is 0 Å². The SMILES string of the molecule is O=P(O)(O)OP(=O)(O)OP(=O)(O)O.[H-].[H-].[H-].[H-].[H-].[H-].[K+].[K+].[Na+].[Na+].[Na+].[Na+]. The van der Waals surface area contributed by atoms with Crippen molar-refractivity contribution in [1.29, 1.82) is 0 Å². The topological polar surface area (TPSA) is 171 Å². The monoisotopic (exact) mass is 434 g/mol. The van der Waals surface area contributed by atoms with Crippen molar-refractivity contribution < 1.29 is 276 Å². The van der Waals surface area contributed by atoms with E-state index in [9.17, 15) is 13.7 Å². The van der Waals surface area contributed by atoms with Crippen molar-refractivity contribution in [3.8, 4) is 0 Å². The molecule has 0 saturated heterocycles. The molecule has 0 amide bonds. The Balaban J connectivity index is -0.0000000109. The second-order valence-electron chi connectivity index (χ2n) is 1.61. The summed E-state index contributed by atoms with van der Waals surface area (Å²) in [7, 11) is -16.2. The molecule has 0 aromatic rings. The van der Waals surface area contributed by atoms with Crippen molar-refractivity contribution in [2.24, 2.45) is 0 Å². The van der Waals surface area contributed by atoms with E-state index in [1.165, 1.54) is 0 Å². The standard InChI is InChI=1S/2K.4Na.H5O10P3.6H/c;;;;;;1-11(2,3)9-13(7,8)10-12(4,5)6;;;;;;/h;;;;;;(H,7,8)(H2,1,2,3)(H2,4,5,6);;;;;;/q6*+1;;6*-1. The molecule has 0 atom stereocenters. The van der Waals surface area contributed by atoms with Gasteiger partial charge in [-0.1, -0.05) is 0 Å². The number of hydrogen-bond acceptors (Lipinski definition) is 5. The van der Waals surface area contributed by atoms with Gasteiger partial charge >= 0.3 is 244 Å². The molecule has 0 aromatic heterocycles. The van der Waals surface area contributed by atoms with Crippen LogP contribution in [-0.2, 0) is 22.3 Å². The molecule has 0 unspecified atom stereocenters. The number of hydrogen-bond donors (Lipinski definition) is 5. The summed E-state index contributed by atoms with van der Waals surface area (Å²) in [4.78, 5) is 40.2. The first-order valence-electron chi connectivity index (χ1n) is 2.28. The van der Waals surface area contributed by atoms with Gasteiger partial charge in [0, 0.05) is 0 Å². The van der Waals surface area contributed by atoms with Crippen LogP contribution in [0.15, 0.2) is 0 Å². The maximum atomic E-state index is 10.4. The van der Waals surface area contributed by atoms with Gasteiger partial charge in [0.2, 0.25) is 0 Å². The van der Waals surface area contributed by atoms with E-state index < -0.39 is 23.5 Å². The molecule has 0 aromatic carbocycles. The third kappa shape index (κ3) is 37.2. The summed E-state index contributed by atoms with van der Waals surface area (Å²) < 4.78 is 36.4. The van der Waals surface area contributed by atoms with Crippen molar-refractivity contribution in [1.82, 2.24) is 0 Å². The molecule has 0 radical (unpaired) electrons. The molecule has 0 heterocycles. The minimum atomic E-state index is -5.46. The van der Waals surface area contributed by atoms with E-state index in [1.54, 1.807) is 0 Å². The quantitative estimate of drug-likeness (QED) is 0.211. The van der Waals surface area contributed by atoms with Crippen LogP contribution in [0.25, 0.3) is 0 Å². The Kier molecular flexibility index (Phi) is 48.8. The van der Waals surface area contributed by atoms with Crippen molar-refractivity contribution in [3.05, 3.63) is 0 Å². The fraction of sp³-hybridized carbons (Fsp3) is 0. The van der Waals surface area contributed by atoms with Gasteiger partial charge < -0.3 is 33.0 Å². The minimum absolute atomic E-state index is 0. The molecule has 0 rings (SSSR count). The second kappa shape index (κ2) is 20.4. The summed E-state index contributed by atoms with van der Waals surface area (Å²) in [5.41, 5.74) is 0. The second-order valence-corrected chi connectivity index (χ2v) is 5.82. The molecule has 0 saturated carbocycles. The van der Waals surface area contributed by atoms with E-state index >= 15 is 0 Å². The predicted molar refractivity (Wildman–Crippen MR) is 42.8 cm³/mol. The first-order valence-corrected chi connectivity index (χ1v) is 6.83. The van der Waals surface area contributed by atoms with Crippen molar-refractivity contribution in [2.75, 3.05) is 0 Å². The van der Waals surface area contributed by atoms with Crippen LogP contribution in [0.2, 0.25) is 0 Å². The molecule has 0 aliphatic carbocycles. The largest absolute Gasteiger partial charge is 1.00 e. The maximum Gasteiger partial charge on any atom is 1.00 e. The molecular formula is H11K2Na4O10P3. The van der Waals surface area contributed by atoms with E-state index in [-0.39, 0.29) is 230 Å². The van der Waals surface area contributed by atoms with Crippen LogP contribution in [-0.4, -0.2) is 24.5 Å². The fourth-order valence-electron chi connectivity index (χ4n) is 0.284. The Labute approximate surface area is 292 Å². The molecule has 0 spiro atoms. The number of phosphoric acid groups is 3. The van der Waals surface area contributed by atoms with Crippen molar-refractivity contribution >= 4 is 23.5 Å². The van der Waals surface area contributed by atoms with E-state index in [0.29, 0.717) is 0 Å². The van der Waals surface area contributed by atoms with E-state index in [2.05, 4.69) is 8.62 Å². The molecule has 10 nitrogen and oxygen atoms in total. The molecule has 19 heteroatoms. The minimum Gasteiger partial charge on any atom is -1.00 e. The Morgan fingerprint density at radius 3 is 0.895 bits per heavy atom. The molecule has 0 aliphatic heterocycles. The third-order valence-electron chi connectivity index (χ3n) is 0.419. The first-order chi connectivity index (χ1) is 5.41. The molecule has 0 fully saturated rings. The summed E-state index contributed by atoms with van der Waals surface area (Å²) in [6.07, 6.45) is 0. The molecule has 5 N–H and O–H groups in total. The number of rotatable bonds is 4. The Hall–Kier alpha value is 7.68. The van der Waals surface area contributed by atoms with Gasteiger partial charge in [0.05, 0.1) is 0 Å². The molecular weight excluding hydrogens is 423 g/mol. The van der Waals surface area contributed by atoms with Gasteiger partial charge in [-0.05, 0) is 0 Å². The third-order valence-corrected chi connectivity index (χ3v) is 3.77. The van der Waals surface area contributed by atoms with Gasteiger partial charge in [-0.25, -0.2) is 13.7 Å². The Morgan fingerprint density at radius 2 is 0.789 bits per heavy atom. The Morgan fingerprint density at radius 1 is 0.632 bits per heavy atom. The fourth-order valence-corrected chi connectivity index (χ4v) is 2.82. The van der Waals surface area contributed by atoms with Crippen LogP contribution >= 0.6 is 23.5 Å². The maximum absolute atomic E-state index is 10.4. The molecule has 19 heavy (non-hydrogen) atoms. The predicted octanol–water partition coefficient (Wildman–Crippen LogP) is -18.0. The van der Waals surface area contributed by atoms with E-state index in [0.717, 1.165) is 0 Å². The van der Waals surface area contributed by atoms with Gasteiger partial charge in [-0.15, -0.1) is 0 Å². The van der Waals surface area contributed by atoms with Crippen LogP contribution in [0.3, 0.4) is 0 Å². The summed E-state index contributed by atoms with van der Waals surface area (Å²) in [6, 6.07) is 0. The van der Waals surface area contributed by atoms with Crippen LogP contribution in [0.4, 0.5) is 0 Å². The summed E-state index contributed by atoms with van der Waals surface area (Å²) >= 11 is 0. The van der Waals surface area contributed by atoms with E-state index in [4.69, 9.17) is 24.5 Å². The smallest absolute Gasteiger partial charge is 1.00 e. The van der Waals surface area contributed by atoms with Gasteiger partial charge in [-0.3, -0.25) is 0 Å². The van der Waals surface area contributed by atoms with Crippen molar-refractivity contribution in [2.45, 2.75) is 0 Å². The zero-order valence-corrected chi connectivity index (χ0v) is 28.5. The molecule has 0 bridgehead atoms. The van der Waals surface area contributed by atoms with E-state index in [1.807, 2.05) is 0 Å². The summed E-state index contributed by atoms with van der Waals surface area (Å²) in [6.45, 7) is 0. The van der Waals surface area contributed by atoms with Crippen LogP contribution < -0.4 is 221 Å². The summed E-state index contributed by atoms with van der Waals surface area (Å²) in [5.74, 6) is 0. The van der Waals surface area contributed by atoms with Gasteiger partial charge in [0.1, 0.15) is 0 Å². The van der Waals surface area contributed by atoms with Crippen LogP contribution in [0.5, 0.6) is 0 Å². The average molecular weight is 434 g/mol. The molecule has 92 valence electrons. The van der Waals surface area contributed by atoms with Crippen LogP contribution in [0.1, 0.15) is 8.56 Å². The average Bonchev–Trinajstić information content (AvgIpc) is 1.43. The first kappa shape index (κ1) is 45.4. The van der Waals surface area contributed by atoms with Gasteiger partial charge in [0.15, 0.2) is 0 Å². The molecule has 0 aliphatic rings. The Bertz CT molecular complexity index is 315. The van der Waals surface area contributed by atoms with Crippen LogP contribution in [0, 0.1) is 0 Å². The zero-order valence-electron chi connectivity index (χ0n) is 17.6. The van der Waals surface area contributed by atoms with Crippen molar-refractivity contribution in [3.63, 3.8) is 0 Å².